The molecule has 17 heteroatoms. The number of hydrogen-bond donors (Lipinski definition) is 0. The van der Waals surface area contributed by atoms with E-state index < -0.39 is 0 Å². The second-order valence-corrected chi connectivity index (χ2v) is 31.3. The van der Waals surface area contributed by atoms with Crippen molar-refractivity contribution in [3.05, 3.63) is 0 Å². The molecule has 0 N–H and O–H groups in total. The molecular weight excluding hydrogens is 1170 g/mol. The van der Waals surface area contributed by atoms with E-state index in [0.29, 0.717) is 71.7 Å². The molecule has 1 atom stereocenters. The average Bonchev–Trinajstić information content (AvgIpc) is 3.49. The second-order valence-electron chi connectivity index (χ2n) is 23.2. The molecule has 84 heavy (non-hydrogen) atoms. The lowest BCUT2D eigenvalue weighted by atomic mass is 10.0. The van der Waals surface area contributed by atoms with Crippen LogP contribution in [0.15, 0.2) is 0 Å². The summed E-state index contributed by atoms with van der Waals surface area (Å²) in [5.41, 5.74) is 0. The molecule has 0 aliphatic rings. The Hall–Kier alpha value is -0.140. The summed E-state index contributed by atoms with van der Waals surface area (Å²) in [7, 11) is 13.2. The molecule has 0 spiro atoms. The van der Waals surface area contributed by atoms with E-state index in [-0.39, 0.29) is 30.0 Å². The maximum atomic E-state index is 13.6. The van der Waals surface area contributed by atoms with Gasteiger partial charge in [-0.1, -0.05) is 266 Å². The van der Waals surface area contributed by atoms with Crippen LogP contribution in [-0.4, -0.2) is 158 Å². The largest absolute Gasteiger partial charge is 0.465 e. The third-order valence-corrected chi connectivity index (χ3v) is 22.5. The summed E-state index contributed by atoms with van der Waals surface area (Å²) in [6, 6.07) is 0. The molecule has 1 unspecified atom stereocenters. The van der Waals surface area contributed by atoms with Crippen molar-refractivity contribution in [2.45, 2.75) is 291 Å². The van der Waals surface area contributed by atoms with Crippen molar-refractivity contribution in [1.29, 1.82) is 0 Å². The number of carbonyl (C=O) groups excluding carboxylic acids is 4. The Kier molecular flexibility index (Phi) is 68.6. The molecule has 0 radical (unpaired) electrons. The summed E-state index contributed by atoms with van der Waals surface area (Å²) in [5, 5.41) is 0. The summed E-state index contributed by atoms with van der Waals surface area (Å²) in [6.45, 7) is 17.9. The van der Waals surface area contributed by atoms with Gasteiger partial charge in [0.15, 0.2) is 0 Å². The first-order valence-electron chi connectivity index (χ1n) is 34.7. The van der Waals surface area contributed by atoms with Crippen LogP contribution in [0.4, 0.5) is 0 Å². The third-order valence-electron chi connectivity index (χ3n) is 15.1. The summed E-state index contributed by atoms with van der Waals surface area (Å²) >= 11 is 0. The van der Waals surface area contributed by atoms with Gasteiger partial charge in [-0.3, -0.25) is 19.2 Å². The molecular formula is C67H131N3O8S6. The van der Waals surface area contributed by atoms with Gasteiger partial charge in [0, 0.05) is 60.7 Å². The van der Waals surface area contributed by atoms with Crippen LogP contribution >= 0.6 is 64.8 Å². The summed E-state index contributed by atoms with van der Waals surface area (Å²) in [6.07, 6.45) is 44.3. The number of hydrogen-bond acceptors (Lipinski definition) is 17. The van der Waals surface area contributed by atoms with Gasteiger partial charge in [0.1, 0.15) is 25.9 Å². The van der Waals surface area contributed by atoms with Crippen molar-refractivity contribution in [3.63, 3.8) is 0 Å². The average molecular weight is 1300 g/mol. The fraction of sp³-hybridized carbons (Fsp3) is 0.940. The zero-order chi connectivity index (χ0) is 61.3. The number of unbranched alkanes of at least 4 members (excludes halogenated alkanes) is 26. The van der Waals surface area contributed by atoms with E-state index in [1.54, 1.807) is 32.4 Å². The lowest BCUT2D eigenvalue weighted by molar-refractivity contribution is -0.150. The van der Waals surface area contributed by atoms with Crippen LogP contribution in [0.3, 0.4) is 0 Å². The molecule has 0 aromatic carbocycles. The first kappa shape index (κ1) is 83.9. The third kappa shape index (κ3) is 63.4. The van der Waals surface area contributed by atoms with Crippen LogP contribution in [0.1, 0.15) is 285 Å². The molecule has 0 saturated heterocycles. The zero-order valence-electron chi connectivity index (χ0n) is 55.2. The highest BCUT2D eigenvalue weighted by molar-refractivity contribution is 8.77. The van der Waals surface area contributed by atoms with Crippen LogP contribution in [0.5, 0.6) is 0 Å². The SMILES string of the molecule is CCCCCCCCCC(CCCCCCCC)OC(=O)CCN(CCCN(C)CCCN(CCC(=O)OCCSSCCCCCCCC)CCC(=O)OCCSSCCCCCCCC)CCC(=O)OCCSSCCCCCCCC. The molecule has 0 bridgehead atoms. The van der Waals surface area contributed by atoms with Crippen LogP contribution in [0.2, 0.25) is 0 Å². The first-order chi connectivity index (χ1) is 41.2. The van der Waals surface area contributed by atoms with E-state index in [1.807, 2.05) is 32.4 Å². The Bertz CT molecular complexity index is 1390. The van der Waals surface area contributed by atoms with Crippen LogP contribution in [0, 0.1) is 0 Å². The van der Waals surface area contributed by atoms with Crippen molar-refractivity contribution in [1.82, 2.24) is 14.7 Å². The number of carbonyl (C=O) groups is 4. The predicted octanol–water partition coefficient (Wildman–Crippen LogP) is 19.5. The Morgan fingerprint density at radius 3 is 0.869 bits per heavy atom. The number of nitrogens with zero attached hydrogens (tertiary/aromatic N) is 3. The molecule has 0 amide bonds. The topological polar surface area (TPSA) is 115 Å². The van der Waals surface area contributed by atoms with E-state index in [2.05, 4.69) is 56.4 Å². The van der Waals surface area contributed by atoms with Gasteiger partial charge in [0.2, 0.25) is 0 Å². The van der Waals surface area contributed by atoms with E-state index in [1.165, 1.54) is 186 Å². The minimum absolute atomic E-state index is 0.0212. The molecule has 0 fully saturated rings. The smallest absolute Gasteiger partial charge is 0.307 e. The van der Waals surface area contributed by atoms with Gasteiger partial charge in [-0.2, -0.15) is 0 Å². The molecule has 0 aliphatic carbocycles. The maximum absolute atomic E-state index is 13.6. The molecule has 0 rings (SSSR count). The fourth-order valence-corrected chi connectivity index (χ4v) is 15.8. The van der Waals surface area contributed by atoms with E-state index in [4.69, 9.17) is 18.9 Å². The lowest BCUT2D eigenvalue weighted by Gasteiger charge is -2.25. The standard InChI is InChI=1S/C67H131N3O8S6/c1-7-12-17-22-27-29-34-41-63(40-33-28-23-18-13-8-2)78-67(74)45-53-70(52-44-66(73)77-56-62-84-81-59-37-32-26-21-16-11-5)49-39-47-68(6)46-38-48-69(50-42-64(71)75-54-60-82-79-57-35-30-24-19-14-9-3)51-43-65(72)76-55-61-83-80-58-36-31-25-20-15-10-4/h63H,7-62H2,1-6H3. The first-order valence-corrected chi connectivity index (χ1v) is 42.2. The minimum Gasteiger partial charge on any atom is -0.465 e. The molecule has 0 aliphatic heterocycles. The molecule has 0 saturated carbocycles. The highest BCUT2D eigenvalue weighted by Crippen LogP contribution is 2.25. The molecule has 11 nitrogen and oxygen atoms in total. The zero-order valence-corrected chi connectivity index (χ0v) is 60.1. The van der Waals surface area contributed by atoms with Crippen molar-refractivity contribution in [2.75, 3.05) is 114 Å². The fourth-order valence-electron chi connectivity index (χ4n) is 9.86. The van der Waals surface area contributed by atoms with Gasteiger partial charge in [0.25, 0.3) is 0 Å². The molecule has 498 valence electrons. The normalized spacial score (nSPS) is 12.0. The predicted molar refractivity (Wildman–Crippen MR) is 376 cm³/mol. The highest BCUT2D eigenvalue weighted by atomic mass is 33.1. The summed E-state index contributed by atoms with van der Waals surface area (Å²) < 4.78 is 23.2. The Labute approximate surface area is 542 Å². The quantitative estimate of drug-likeness (QED) is 0.0249. The van der Waals surface area contributed by atoms with Gasteiger partial charge >= 0.3 is 23.9 Å². The monoisotopic (exact) mass is 1300 g/mol. The van der Waals surface area contributed by atoms with E-state index in [0.717, 1.165) is 99.2 Å². The van der Waals surface area contributed by atoms with Gasteiger partial charge in [0.05, 0.1) is 25.7 Å². The Morgan fingerprint density at radius 1 is 0.298 bits per heavy atom. The number of ether oxygens (including phenoxy) is 4. The van der Waals surface area contributed by atoms with Gasteiger partial charge in [-0.05, 0) is 91.0 Å². The van der Waals surface area contributed by atoms with Crippen molar-refractivity contribution in [3.8, 4) is 0 Å². The molecule has 0 aromatic rings. The minimum atomic E-state index is -0.188. The maximum Gasteiger partial charge on any atom is 0.307 e. The van der Waals surface area contributed by atoms with Crippen LogP contribution < -0.4 is 0 Å². The summed E-state index contributed by atoms with van der Waals surface area (Å²) in [4.78, 5) is 59.2. The number of rotatable bonds is 69. The van der Waals surface area contributed by atoms with Crippen molar-refractivity contribution >= 4 is 88.6 Å². The summed E-state index contributed by atoms with van der Waals surface area (Å²) in [5.74, 6) is 5.11. The van der Waals surface area contributed by atoms with Crippen molar-refractivity contribution < 1.29 is 38.1 Å². The Balaban J connectivity index is 5.42. The van der Waals surface area contributed by atoms with Crippen LogP contribution in [0.25, 0.3) is 0 Å². The number of esters is 4. The van der Waals surface area contributed by atoms with Crippen LogP contribution in [-0.2, 0) is 38.1 Å². The molecule has 0 heterocycles. The lowest BCUT2D eigenvalue weighted by Crippen LogP contribution is -2.34. The molecule has 0 aromatic heterocycles. The van der Waals surface area contributed by atoms with Gasteiger partial charge in [-0.15, -0.1) is 0 Å². The van der Waals surface area contributed by atoms with Crippen molar-refractivity contribution in [2.24, 2.45) is 0 Å². The second kappa shape index (κ2) is 68.8. The highest BCUT2D eigenvalue weighted by Gasteiger charge is 2.18. The van der Waals surface area contributed by atoms with E-state index in [9.17, 15) is 19.2 Å². The van der Waals surface area contributed by atoms with E-state index >= 15 is 0 Å². The Morgan fingerprint density at radius 2 is 0.560 bits per heavy atom. The van der Waals surface area contributed by atoms with Gasteiger partial charge in [-0.25, -0.2) is 0 Å². The van der Waals surface area contributed by atoms with Gasteiger partial charge < -0.3 is 33.6 Å².